The van der Waals surface area contributed by atoms with Gasteiger partial charge in [0, 0.05) is 57.6 Å². The highest BCUT2D eigenvalue weighted by Crippen LogP contribution is 2.30. The van der Waals surface area contributed by atoms with E-state index in [0.29, 0.717) is 19.5 Å². The second kappa shape index (κ2) is 7.27. The molecule has 3 heterocycles. The van der Waals surface area contributed by atoms with Crippen LogP contribution >= 0.6 is 0 Å². The average Bonchev–Trinajstić information content (AvgIpc) is 3.41. The first-order valence-electron chi connectivity index (χ1n) is 9.62. The van der Waals surface area contributed by atoms with Gasteiger partial charge in [-0.25, -0.2) is 0 Å². The Bertz CT molecular complexity index is 669. The van der Waals surface area contributed by atoms with E-state index < -0.39 is 0 Å². The molecule has 26 heavy (non-hydrogen) atoms. The van der Waals surface area contributed by atoms with Gasteiger partial charge in [0.25, 0.3) is 0 Å². The second-order valence-electron chi connectivity index (χ2n) is 7.55. The summed E-state index contributed by atoms with van der Waals surface area (Å²) in [6, 6.07) is 8.20. The van der Waals surface area contributed by atoms with E-state index in [1.54, 1.807) is 12.0 Å². The van der Waals surface area contributed by atoms with E-state index in [1.165, 1.54) is 18.5 Å². The molecular formula is C20H27N3O3. The van der Waals surface area contributed by atoms with E-state index in [1.807, 2.05) is 17.0 Å². The van der Waals surface area contributed by atoms with Crippen LogP contribution in [0.2, 0.25) is 0 Å². The molecule has 3 aliphatic heterocycles. The highest BCUT2D eigenvalue weighted by Gasteiger charge is 2.39. The normalized spacial score (nSPS) is 26.2. The van der Waals surface area contributed by atoms with Crippen LogP contribution in [0.3, 0.4) is 0 Å². The summed E-state index contributed by atoms with van der Waals surface area (Å²) in [5, 5.41) is 0. The summed E-state index contributed by atoms with van der Waals surface area (Å²) >= 11 is 0. The van der Waals surface area contributed by atoms with Gasteiger partial charge in [0.05, 0.1) is 12.0 Å². The largest absolute Gasteiger partial charge is 0.380 e. The van der Waals surface area contributed by atoms with Gasteiger partial charge in [-0.1, -0.05) is 0 Å². The van der Waals surface area contributed by atoms with Crippen molar-refractivity contribution >= 4 is 23.2 Å². The Morgan fingerprint density at radius 2 is 1.73 bits per heavy atom. The highest BCUT2D eigenvalue weighted by molar-refractivity contribution is 6.00. The van der Waals surface area contributed by atoms with Crippen LogP contribution in [0.15, 0.2) is 24.3 Å². The number of nitrogens with zero attached hydrogens (tertiary/aromatic N) is 3. The van der Waals surface area contributed by atoms with Crippen LogP contribution in [0, 0.1) is 5.92 Å². The van der Waals surface area contributed by atoms with Gasteiger partial charge in [0.1, 0.15) is 0 Å². The molecule has 3 fully saturated rings. The molecule has 0 aromatic heterocycles. The third-order valence-corrected chi connectivity index (χ3v) is 5.90. The van der Waals surface area contributed by atoms with Gasteiger partial charge in [-0.2, -0.15) is 0 Å². The van der Waals surface area contributed by atoms with Crippen LogP contribution in [0.5, 0.6) is 0 Å². The summed E-state index contributed by atoms with van der Waals surface area (Å²) in [6.07, 6.45) is 3.81. The molecule has 2 amide bonds. The lowest BCUT2D eigenvalue weighted by Gasteiger charge is -2.22. The predicted molar refractivity (Wildman–Crippen MR) is 100 cm³/mol. The monoisotopic (exact) mass is 357 g/mol. The number of methoxy groups -OCH3 is 1. The van der Waals surface area contributed by atoms with Crippen LogP contribution in [0.1, 0.15) is 25.7 Å². The molecule has 3 saturated heterocycles. The molecule has 0 spiro atoms. The molecule has 6 nitrogen and oxygen atoms in total. The Kier molecular flexibility index (Phi) is 4.85. The molecule has 2 atom stereocenters. The third kappa shape index (κ3) is 3.30. The highest BCUT2D eigenvalue weighted by atomic mass is 16.5. The summed E-state index contributed by atoms with van der Waals surface area (Å²) in [5.41, 5.74) is 2.11. The van der Waals surface area contributed by atoms with Crippen molar-refractivity contribution in [2.24, 2.45) is 5.92 Å². The van der Waals surface area contributed by atoms with E-state index in [9.17, 15) is 9.59 Å². The Balaban J connectivity index is 1.40. The average molecular weight is 357 g/mol. The van der Waals surface area contributed by atoms with Crippen LogP contribution in [-0.4, -0.2) is 62.7 Å². The van der Waals surface area contributed by atoms with Crippen molar-refractivity contribution in [1.82, 2.24) is 4.90 Å². The van der Waals surface area contributed by atoms with Crippen LogP contribution in [0.25, 0.3) is 0 Å². The molecule has 0 aliphatic carbocycles. The number of carbonyl (C=O) groups is 2. The molecule has 0 saturated carbocycles. The van der Waals surface area contributed by atoms with E-state index in [2.05, 4.69) is 17.0 Å². The lowest BCUT2D eigenvalue weighted by atomic mass is 10.1. The first-order chi connectivity index (χ1) is 12.7. The van der Waals surface area contributed by atoms with Crippen molar-refractivity contribution in [1.29, 1.82) is 0 Å². The van der Waals surface area contributed by atoms with Gasteiger partial charge in [0.2, 0.25) is 11.8 Å². The number of anilines is 2. The molecule has 0 bridgehead atoms. The molecule has 140 valence electrons. The summed E-state index contributed by atoms with van der Waals surface area (Å²) in [5.74, 6) is -0.106. The number of rotatable bonds is 4. The maximum Gasteiger partial charge on any atom is 0.228 e. The topological polar surface area (TPSA) is 53.1 Å². The zero-order chi connectivity index (χ0) is 18.1. The second-order valence-corrected chi connectivity index (χ2v) is 7.55. The molecular weight excluding hydrogens is 330 g/mol. The third-order valence-electron chi connectivity index (χ3n) is 5.90. The molecule has 2 unspecified atom stereocenters. The molecule has 0 N–H and O–H groups in total. The number of ether oxygens (including phenoxy) is 1. The molecule has 1 aromatic rings. The first-order valence-corrected chi connectivity index (χ1v) is 9.62. The minimum absolute atomic E-state index is 0.0414. The summed E-state index contributed by atoms with van der Waals surface area (Å²) in [7, 11) is 1.69. The maximum atomic E-state index is 12.7. The summed E-state index contributed by atoms with van der Waals surface area (Å²) < 4.78 is 5.34. The minimum Gasteiger partial charge on any atom is -0.380 e. The summed E-state index contributed by atoms with van der Waals surface area (Å²) in [4.78, 5) is 31.2. The van der Waals surface area contributed by atoms with E-state index >= 15 is 0 Å². The van der Waals surface area contributed by atoms with E-state index in [0.717, 1.165) is 31.7 Å². The Morgan fingerprint density at radius 3 is 2.38 bits per heavy atom. The molecule has 0 radical (unpaired) electrons. The van der Waals surface area contributed by atoms with Crippen molar-refractivity contribution in [2.45, 2.75) is 31.8 Å². The zero-order valence-electron chi connectivity index (χ0n) is 15.4. The van der Waals surface area contributed by atoms with E-state index in [-0.39, 0.29) is 23.8 Å². The quantitative estimate of drug-likeness (QED) is 0.826. The number of hydrogen-bond acceptors (Lipinski definition) is 4. The van der Waals surface area contributed by atoms with Crippen LogP contribution in [0.4, 0.5) is 11.4 Å². The van der Waals surface area contributed by atoms with Crippen molar-refractivity contribution in [2.75, 3.05) is 49.6 Å². The predicted octanol–water partition coefficient (Wildman–Crippen LogP) is 1.89. The molecule has 1 aromatic carbocycles. The Hall–Kier alpha value is -2.08. The van der Waals surface area contributed by atoms with E-state index in [4.69, 9.17) is 4.74 Å². The number of carbonyl (C=O) groups excluding carboxylic acids is 2. The van der Waals surface area contributed by atoms with Gasteiger partial charge in [-0.05, 0) is 43.5 Å². The van der Waals surface area contributed by atoms with Crippen LogP contribution < -0.4 is 9.80 Å². The van der Waals surface area contributed by atoms with Gasteiger partial charge in [-0.15, -0.1) is 0 Å². The van der Waals surface area contributed by atoms with Gasteiger partial charge in [-0.3, -0.25) is 9.59 Å². The minimum atomic E-state index is -0.239. The fourth-order valence-corrected chi connectivity index (χ4v) is 4.32. The smallest absolute Gasteiger partial charge is 0.228 e. The number of benzene rings is 1. The number of likely N-dealkylation sites (tertiary alicyclic amines) is 1. The Labute approximate surface area is 154 Å². The molecule has 3 aliphatic rings. The summed E-state index contributed by atoms with van der Waals surface area (Å²) in [6.45, 7) is 4.07. The van der Waals surface area contributed by atoms with Crippen LogP contribution in [-0.2, 0) is 14.3 Å². The SMILES string of the molecule is COC1CCN(C(=O)C2CC(=O)N(c3ccc(N4CCCC4)cc3)C2)C1. The molecule has 4 rings (SSSR count). The van der Waals surface area contributed by atoms with Gasteiger partial charge in [0.15, 0.2) is 0 Å². The first kappa shape index (κ1) is 17.3. The van der Waals surface area contributed by atoms with Crippen molar-refractivity contribution in [3.8, 4) is 0 Å². The fraction of sp³-hybridized carbons (Fsp3) is 0.600. The standard InChI is InChI=1S/C20H27N3O3/c1-26-18-8-11-22(14-18)20(25)15-12-19(24)23(13-15)17-6-4-16(5-7-17)21-9-2-3-10-21/h4-7,15,18H,2-3,8-14H2,1H3. The van der Waals surface area contributed by atoms with Crippen molar-refractivity contribution < 1.29 is 14.3 Å². The Morgan fingerprint density at radius 1 is 1.04 bits per heavy atom. The maximum absolute atomic E-state index is 12.7. The van der Waals surface area contributed by atoms with Gasteiger partial charge >= 0.3 is 0 Å². The fourth-order valence-electron chi connectivity index (χ4n) is 4.32. The lowest BCUT2D eigenvalue weighted by Crippen LogP contribution is -2.36. The lowest BCUT2D eigenvalue weighted by molar-refractivity contribution is -0.135. The van der Waals surface area contributed by atoms with Crippen molar-refractivity contribution in [3.05, 3.63) is 24.3 Å². The van der Waals surface area contributed by atoms with Crippen molar-refractivity contribution in [3.63, 3.8) is 0 Å². The van der Waals surface area contributed by atoms with Gasteiger partial charge < -0.3 is 19.4 Å². The zero-order valence-corrected chi connectivity index (χ0v) is 15.4. The molecule has 6 heteroatoms. The number of hydrogen-bond donors (Lipinski definition) is 0. The number of amides is 2.